The van der Waals surface area contributed by atoms with Crippen LogP contribution in [-0.4, -0.2) is 36.5 Å². The Hall–Kier alpha value is -1.35. The van der Waals surface area contributed by atoms with E-state index in [1.165, 1.54) is 19.4 Å². The van der Waals surface area contributed by atoms with E-state index in [0.717, 1.165) is 37.4 Å². The van der Waals surface area contributed by atoms with Gasteiger partial charge in [0.1, 0.15) is 0 Å². The molecule has 120 valence electrons. The molecule has 1 aliphatic carbocycles. The molecule has 0 bridgehead atoms. The van der Waals surface area contributed by atoms with E-state index in [-0.39, 0.29) is 5.91 Å². The second kappa shape index (κ2) is 6.41. The molecule has 1 heterocycles. The molecule has 2 aliphatic rings. The lowest BCUT2D eigenvalue weighted by Crippen LogP contribution is -2.50. The van der Waals surface area contributed by atoms with Crippen molar-refractivity contribution in [2.24, 2.45) is 5.92 Å². The molecule has 3 nitrogen and oxygen atoms in total. The molecule has 1 N–H and O–H groups in total. The molecule has 2 fully saturated rings. The van der Waals surface area contributed by atoms with Gasteiger partial charge in [0.2, 0.25) is 5.91 Å². The second-order valence-corrected chi connectivity index (χ2v) is 7.41. The molecule has 1 aromatic carbocycles. The van der Waals surface area contributed by atoms with Gasteiger partial charge in [-0.25, -0.2) is 0 Å². The average molecular weight is 300 g/mol. The highest BCUT2D eigenvalue weighted by Gasteiger charge is 2.35. The molecule has 0 unspecified atom stereocenters. The van der Waals surface area contributed by atoms with E-state index in [0.29, 0.717) is 6.04 Å². The molecule has 1 saturated heterocycles. The zero-order valence-electron chi connectivity index (χ0n) is 13.8. The van der Waals surface area contributed by atoms with Crippen LogP contribution in [0.15, 0.2) is 30.3 Å². The highest BCUT2D eigenvalue weighted by Crippen LogP contribution is 2.29. The molecule has 0 aromatic heterocycles. The van der Waals surface area contributed by atoms with Crippen molar-refractivity contribution < 1.29 is 4.79 Å². The first-order valence-electron chi connectivity index (χ1n) is 8.65. The molecule has 0 radical (unpaired) electrons. The van der Waals surface area contributed by atoms with Crippen molar-refractivity contribution in [1.82, 2.24) is 10.2 Å². The van der Waals surface area contributed by atoms with Crippen LogP contribution in [-0.2, 0) is 10.2 Å². The third kappa shape index (κ3) is 3.52. The first kappa shape index (κ1) is 15.5. The Bertz CT molecular complexity index is 499. The highest BCUT2D eigenvalue weighted by atomic mass is 16.2. The summed E-state index contributed by atoms with van der Waals surface area (Å²) in [6.45, 7) is 7.03. The number of carbonyl (C=O) groups excluding carboxylic acids is 1. The predicted molar refractivity (Wildman–Crippen MR) is 89.8 cm³/mol. The maximum absolute atomic E-state index is 12.9. The fourth-order valence-electron chi connectivity index (χ4n) is 3.32. The molecule has 1 aliphatic heterocycles. The van der Waals surface area contributed by atoms with E-state index in [1.54, 1.807) is 0 Å². The molecule has 22 heavy (non-hydrogen) atoms. The van der Waals surface area contributed by atoms with Crippen molar-refractivity contribution in [2.45, 2.75) is 51.0 Å². The highest BCUT2D eigenvalue weighted by molar-refractivity contribution is 5.87. The summed E-state index contributed by atoms with van der Waals surface area (Å²) in [6.07, 6.45) is 4.97. The number of rotatable bonds is 5. The van der Waals surface area contributed by atoms with Crippen LogP contribution < -0.4 is 5.32 Å². The van der Waals surface area contributed by atoms with E-state index in [1.807, 2.05) is 32.0 Å². The van der Waals surface area contributed by atoms with Gasteiger partial charge < -0.3 is 10.2 Å². The number of likely N-dealkylation sites (tertiary alicyclic amines) is 1. The fraction of sp³-hybridized carbons (Fsp3) is 0.632. The normalized spacial score (nSPS) is 20.2. The summed E-state index contributed by atoms with van der Waals surface area (Å²) in [7, 11) is 0. The zero-order chi connectivity index (χ0) is 15.6. The number of amides is 1. The molecular weight excluding hydrogens is 272 g/mol. The van der Waals surface area contributed by atoms with Gasteiger partial charge in [0, 0.05) is 19.1 Å². The van der Waals surface area contributed by atoms with Gasteiger partial charge in [-0.3, -0.25) is 4.79 Å². The third-order valence-electron chi connectivity index (χ3n) is 5.20. The minimum absolute atomic E-state index is 0.263. The lowest BCUT2D eigenvalue weighted by atomic mass is 9.82. The minimum atomic E-state index is -0.435. The standard InChI is InChI=1S/C19H28N2O/c1-19(2,16-6-4-3-5-7-16)18(22)21-12-10-17(11-13-21)20-14-15-8-9-15/h3-7,15,17,20H,8-14H2,1-2H3. The third-order valence-corrected chi connectivity index (χ3v) is 5.20. The Labute approximate surface area is 134 Å². The summed E-state index contributed by atoms with van der Waals surface area (Å²) >= 11 is 0. The minimum Gasteiger partial charge on any atom is -0.342 e. The number of benzene rings is 1. The summed E-state index contributed by atoms with van der Waals surface area (Å²) in [5.74, 6) is 1.19. The van der Waals surface area contributed by atoms with Crippen molar-refractivity contribution in [1.29, 1.82) is 0 Å². The zero-order valence-corrected chi connectivity index (χ0v) is 13.8. The van der Waals surface area contributed by atoms with Crippen LogP contribution in [0.4, 0.5) is 0 Å². The Balaban J connectivity index is 1.54. The number of carbonyl (C=O) groups is 1. The van der Waals surface area contributed by atoms with E-state index in [2.05, 4.69) is 22.3 Å². The van der Waals surface area contributed by atoms with Crippen molar-refractivity contribution >= 4 is 5.91 Å². The maximum Gasteiger partial charge on any atom is 0.232 e. The van der Waals surface area contributed by atoms with Gasteiger partial charge in [-0.15, -0.1) is 0 Å². The van der Waals surface area contributed by atoms with Gasteiger partial charge in [-0.05, 0) is 57.6 Å². The van der Waals surface area contributed by atoms with Crippen molar-refractivity contribution in [2.75, 3.05) is 19.6 Å². The molecular formula is C19H28N2O. The molecule has 3 rings (SSSR count). The molecule has 1 aromatic rings. The monoisotopic (exact) mass is 300 g/mol. The van der Waals surface area contributed by atoms with Crippen molar-refractivity contribution in [3.63, 3.8) is 0 Å². The van der Waals surface area contributed by atoms with Gasteiger partial charge in [0.05, 0.1) is 5.41 Å². The van der Waals surface area contributed by atoms with Crippen LogP contribution in [0.3, 0.4) is 0 Å². The number of hydrogen-bond acceptors (Lipinski definition) is 2. The molecule has 1 saturated carbocycles. The molecule has 3 heteroatoms. The van der Waals surface area contributed by atoms with E-state index in [9.17, 15) is 4.79 Å². The van der Waals surface area contributed by atoms with E-state index >= 15 is 0 Å². The number of nitrogens with one attached hydrogen (secondary N) is 1. The van der Waals surface area contributed by atoms with Crippen LogP contribution in [0.5, 0.6) is 0 Å². The number of nitrogens with zero attached hydrogens (tertiary/aromatic N) is 1. The number of hydrogen-bond donors (Lipinski definition) is 1. The summed E-state index contributed by atoms with van der Waals surface area (Å²) in [6, 6.07) is 10.7. The second-order valence-electron chi connectivity index (χ2n) is 7.41. The summed E-state index contributed by atoms with van der Waals surface area (Å²) in [5.41, 5.74) is 0.671. The van der Waals surface area contributed by atoms with Crippen LogP contribution >= 0.6 is 0 Å². The Morgan fingerprint density at radius 3 is 2.36 bits per heavy atom. The quantitative estimate of drug-likeness (QED) is 0.907. The van der Waals surface area contributed by atoms with Gasteiger partial charge in [0.25, 0.3) is 0 Å². The summed E-state index contributed by atoms with van der Waals surface area (Å²) in [4.78, 5) is 15.0. The van der Waals surface area contributed by atoms with Crippen molar-refractivity contribution in [3.05, 3.63) is 35.9 Å². The van der Waals surface area contributed by atoms with Crippen LogP contribution in [0, 0.1) is 5.92 Å². The first-order chi connectivity index (χ1) is 10.6. The van der Waals surface area contributed by atoms with Gasteiger partial charge >= 0.3 is 0 Å². The Kier molecular flexibility index (Phi) is 4.53. The SMILES string of the molecule is CC(C)(C(=O)N1CCC(NCC2CC2)CC1)c1ccccc1. The Morgan fingerprint density at radius 2 is 1.77 bits per heavy atom. The van der Waals surface area contributed by atoms with Gasteiger partial charge in [-0.2, -0.15) is 0 Å². The van der Waals surface area contributed by atoms with Crippen LogP contribution in [0.1, 0.15) is 45.1 Å². The largest absolute Gasteiger partial charge is 0.342 e. The predicted octanol–water partition coefficient (Wildman–Crippen LogP) is 2.95. The molecule has 0 spiro atoms. The molecule has 1 amide bonds. The van der Waals surface area contributed by atoms with Crippen molar-refractivity contribution in [3.8, 4) is 0 Å². The molecule has 0 atom stereocenters. The van der Waals surface area contributed by atoms with Gasteiger partial charge in [0.15, 0.2) is 0 Å². The lowest BCUT2D eigenvalue weighted by Gasteiger charge is -2.37. The lowest BCUT2D eigenvalue weighted by molar-refractivity contribution is -0.137. The van der Waals surface area contributed by atoms with E-state index in [4.69, 9.17) is 0 Å². The topological polar surface area (TPSA) is 32.3 Å². The van der Waals surface area contributed by atoms with Gasteiger partial charge in [-0.1, -0.05) is 30.3 Å². The van der Waals surface area contributed by atoms with Crippen LogP contribution in [0.25, 0.3) is 0 Å². The number of piperidine rings is 1. The summed E-state index contributed by atoms with van der Waals surface area (Å²) in [5, 5.41) is 3.68. The Morgan fingerprint density at radius 1 is 1.14 bits per heavy atom. The maximum atomic E-state index is 12.9. The van der Waals surface area contributed by atoms with E-state index < -0.39 is 5.41 Å². The fourth-order valence-corrected chi connectivity index (χ4v) is 3.32. The first-order valence-corrected chi connectivity index (χ1v) is 8.65. The smallest absolute Gasteiger partial charge is 0.232 e. The van der Waals surface area contributed by atoms with Crippen LogP contribution in [0.2, 0.25) is 0 Å². The average Bonchev–Trinajstić information content (AvgIpc) is 3.38. The summed E-state index contributed by atoms with van der Waals surface area (Å²) < 4.78 is 0.